The number of ether oxygens (including phenoxy) is 3. The van der Waals surface area contributed by atoms with Crippen molar-refractivity contribution >= 4 is 0 Å². The van der Waals surface area contributed by atoms with Gasteiger partial charge in [-0.2, -0.15) is 0 Å². The van der Waals surface area contributed by atoms with Gasteiger partial charge >= 0.3 is 0 Å². The largest absolute Gasteiger partial charge is 0.497 e. The smallest absolute Gasteiger partial charge is 0.127 e. The van der Waals surface area contributed by atoms with E-state index >= 15 is 0 Å². The van der Waals surface area contributed by atoms with Gasteiger partial charge in [0.2, 0.25) is 0 Å². The van der Waals surface area contributed by atoms with E-state index in [9.17, 15) is 0 Å². The Hall–Kier alpha value is -2.98. The first-order valence-electron chi connectivity index (χ1n) is 9.01. The van der Waals surface area contributed by atoms with Gasteiger partial charge in [-0.15, -0.1) is 0 Å². The summed E-state index contributed by atoms with van der Waals surface area (Å²) in [6.45, 7) is 1.65. The van der Waals surface area contributed by atoms with Crippen molar-refractivity contribution in [3.63, 3.8) is 0 Å². The van der Waals surface area contributed by atoms with Crippen LogP contribution in [-0.4, -0.2) is 20.8 Å². The first-order valence-corrected chi connectivity index (χ1v) is 9.01. The van der Waals surface area contributed by atoms with Gasteiger partial charge in [-0.25, -0.2) is 0 Å². The van der Waals surface area contributed by atoms with Crippen molar-refractivity contribution in [2.24, 2.45) is 0 Å². The molecular weight excluding hydrogens is 338 g/mol. The van der Waals surface area contributed by atoms with Crippen LogP contribution in [0, 0.1) is 0 Å². The number of benzene rings is 3. The number of rotatable bonds is 9. The molecule has 0 heterocycles. The van der Waals surface area contributed by atoms with Gasteiger partial charge in [0, 0.05) is 12.6 Å². The minimum atomic E-state index is 0.785. The fraction of sp³-hybridized carbons (Fsp3) is 0.217. The van der Waals surface area contributed by atoms with E-state index in [1.807, 2.05) is 60.7 Å². The molecule has 0 aromatic heterocycles. The number of methoxy groups -OCH3 is 2. The number of para-hydroxylation sites is 1. The number of hydrogen-bond donors (Lipinski definition) is 1. The van der Waals surface area contributed by atoms with Crippen LogP contribution in [0.15, 0.2) is 72.8 Å². The zero-order chi connectivity index (χ0) is 18.9. The Bertz CT molecular complexity index is 827. The van der Waals surface area contributed by atoms with Crippen molar-refractivity contribution in [3.05, 3.63) is 83.9 Å². The lowest BCUT2D eigenvalue weighted by atomic mass is 10.1. The lowest BCUT2D eigenvalue weighted by Crippen LogP contribution is -2.16. The van der Waals surface area contributed by atoms with E-state index in [0.29, 0.717) is 0 Å². The van der Waals surface area contributed by atoms with Gasteiger partial charge < -0.3 is 19.5 Å². The topological polar surface area (TPSA) is 39.7 Å². The van der Waals surface area contributed by atoms with Crippen LogP contribution < -0.4 is 19.5 Å². The van der Waals surface area contributed by atoms with E-state index in [1.165, 1.54) is 11.1 Å². The van der Waals surface area contributed by atoms with Gasteiger partial charge in [0.25, 0.3) is 0 Å². The number of nitrogens with one attached hydrogen (secondary N) is 1. The fourth-order valence-electron chi connectivity index (χ4n) is 2.82. The predicted molar refractivity (Wildman–Crippen MR) is 108 cm³/mol. The summed E-state index contributed by atoms with van der Waals surface area (Å²) in [7, 11) is 3.34. The van der Waals surface area contributed by atoms with Crippen molar-refractivity contribution in [2.45, 2.75) is 13.0 Å². The van der Waals surface area contributed by atoms with E-state index in [4.69, 9.17) is 14.2 Å². The maximum atomic E-state index is 5.89. The second-order valence-electron chi connectivity index (χ2n) is 6.21. The Morgan fingerprint density at radius 2 is 1.33 bits per heavy atom. The molecule has 0 fully saturated rings. The van der Waals surface area contributed by atoms with Gasteiger partial charge in [0.1, 0.15) is 23.0 Å². The van der Waals surface area contributed by atoms with Crippen LogP contribution in [0.3, 0.4) is 0 Å². The zero-order valence-electron chi connectivity index (χ0n) is 15.8. The van der Waals surface area contributed by atoms with Crippen LogP contribution in [-0.2, 0) is 13.0 Å². The minimum absolute atomic E-state index is 0.785. The van der Waals surface area contributed by atoms with E-state index in [2.05, 4.69) is 17.4 Å². The van der Waals surface area contributed by atoms with Crippen LogP contribution in [0.2, 0.25) is 0 Å². The summed E-state index contributed by atoms with van der Waals surface area (Å²) in [6, 6.07) is 23.9. The molecule has 0 bridgehead atoms. The molecule has 1 N–H and O–H groups in total. The lowest BCUT2D eigenvalue weighted by Gasteiger charge is -2.10. The maximum absolute atomic E-state index is 5.89. The molecule has 3 rings (SSSR count). The molecule has 4 heteroatoms. The Labute approximate surface area is 160 Å². The van der Waals surface area contributed by atoms with Crippen LogP contribution in [0.25, 0.3) is 0 Å². The monoisotopic (exact) mass is 363 g/mol. The first-order chi connectivity index (χ1) is 13.3. The average Bonchev–Trinajstić information content (AvgIpc) is 2.72. The van der Waals surface area contributed by atoms with Crippen molar-refractivity contribution in [2.75, 3.05) is 20.8 Å². The maximum Gasteiger partial charge on any atom is 0.127 e. The summed E-state index contributed by atoms with van der Waals surface area (Å²) in [6.07, 6.45) is 0.897. The van der Waals surface area contributed by atoms with E-state index in [0.717, 1.165) is 42.5 Å². The molecule has 0 amide bonds. The highest BCUT2D eigenvalue weighted by Crippen LogP contribution is 2.23. The van der Waals surface area contributed by atoms with E-state index in [-0.39, 0.29) is 0 Å². The average molecular weight is 363 g/mol. The SMILES string of the molecule is COc1cc(CCNCc2cccc(Oc3ccccc3)c2)cc(OC)c1. The molecule has 3 aromatic rings. The van der Waals surface area contributed by atoms with Gasteiger partial charge in [-0.1, -0.05) is 30.3 Å². The van der Waals surface area contributed by atoms with Crippen LogP contribution >= 0.6 is 0 Å². The van der Waals surface area contributed by atoms with Gasteiger partial charge in [0.15, 0.2) is 0 Å². The molecule has 140 valence electrons. The second kappa shape index (κ2) is 9.64. The van der Waals surface area contributed by atoms with Crippen molar-refractivity contribution in [3.8, 4) is 23.0 Å². The molecule has 0 aliphatic heterocycles. The Morgan fingerprint density at radius 1 is 0.667 bits per heavy atom. The second-order valence-corrected chi connectivity index (χ2v) is 6.21. The molecular formula is C23H25NO3. The summed E-state index contributed by atoms with van der Waals surface area (Å²) >= 11 is 0. The Morgan fingerprint density at radius 3 is 2.04 bits per heavy atom. The minimum Gasteiger partial charge on any atom is -0.497 e. The highest BCUT2D eigenvalue weighted by Gasteiger charge is 2.03. The van der Waals surface area contributed by atoms with E-state index in [1.54, 1.807) is 14.2 Å². The lowest BCUT2D eigenvalue weighted by molar-refractivity contribution is 0.393. The van der Waals surface area contributed by atoms with Gasteiger partial charge in [0.05, 0.1) is 14.2 Å². The molecule has 0 saturated carbocycles. The van der Waals surface area contributed by atoms with Gasteiger partial charge in [-0.3, -0.25) is 0 Å². The summed E-state index contributed by atoms with van der Waals surface area (Å²) in [5.74, 6) is 3.32. The first kappa shape index (κ1) is 18.8. The third-order valence-corrected chi connectivity index (χ3v) is 4.21. The summed E-state index contributed by atoms with van der Waals surface area (Å²) in [5, 5.41) is 3.48. The van der Waals surface area contributed by atoms with Crippen molar-refractivity contribution in [1.82, 2.24) is 5.32 Å². The molecule has 0 saturated heterocycles. The van der Waals surface area contributed by atoms with Gasteiger partial charge in [-0.05, 0) is 60.5 Å². The molecule has 3 aromatic carbocycles. The Balaban J connectivity index is 1.51. The molecule has 0 atom stereocenters. The highest BCUT2D eigenvalue weighted by molar-refractivity contribution is 5.38. The normalized spacial score (nSPS) is 10.4. The highest BCUT2D eigenvalue weighted by atomic mass is 16.5. The molecule has 0 spiro atoms. The van der Waals surface area contributed by atoms with Crippen LogP contribution in [0.4, 0.5) is 0 Å². The molecule has 0 unspecified atom stereocenters. The Kier molecular flexibility index (Phi) is 6.72. The summed E-state index contributed by atoms with van der Waals surface area (Å²) < 4.78 is 16.5. The molecule has 4 nitrogen and oxygen atoms in total. The third-order valence-electron chi connectivity index (χ3n) is 4.21. The summed E-state index contributed by atoms with van der Waals surface area (Å²) in [5.41, 5.74) is 2.37. The number of hydrogen-bond acceptors (Lipinski definition) is 4. The summed E-state index contributed by atoms with van der Waals surface area (Å²) in [4.78, 5) is 0. The molecule has 0 radical (unpaired) electrons. The molecule has 0 aliphatic carbocycles. The van der Waals surface area contributed by atoms with Crippen LogP contribution in [0.1, 0.15) is 11.1 Å². The zero-order valence-corrected chi connectivity index (χ0v) is 15.8. The van der Waals surface area contributed by atoms with Crippen LogP contribution in [0.5, 0.6) is 23.0 Å². The van der Waals surface area contributed by atoms with E-state index < -0.39 is 0 Å². The third kappa shape index (κ3) is 5.76. The standard InChI is InChI=1S/C23H25NO3/c1-25-22-13-18(14-23(16-22)26-2)11-12-24-17-19-7-6-10-21(15-19)27-20-8-4-3-5-9-20/h3-10,13-16,24H,11-12,17H2,1-2H3. The fourth-order valence-corrected chi connectivity index (χ4v) is 2.82. The van der Waals surface area contributed by atoms with Crippen molar-refractivity contribution < 1.29 is 14.2 Å². The molecule has 27 heavy (non-hydrogen) atoms. The van der Waals surface area contributed by atoms with Crippen molar-refractivity contribution in [1.29, 1.82) is 0 Å². The predicted octanol–water partition coefficient (Wildman–Crippen LogP) is 4.83. The quantitative estimate of drug-likeness (QED) is 0.553. The molecule has 0 aliphatic rings.